The van der Waals surface area contributed by atoms with Gasteiger partial charge in [0.15, 0.2) is 5.65 Å². The molecule has 0 aliphatic rings. The summed E-state index contributed by atoms with van der Waals surface area (Å²) in [5.41, 5.74) is 0.159. The Morgan fingerprint density at radius 2 is 2.00 bits per heavy atom. The summed E-state index contributed by atoms with van der Waals surface area (Å²) in [6.45, 7) is 5.85. The van der Waals surface area contributed by atoms with Gasteiger partial charge in [0, 0.05) is 10.4 Å². The number of hydrogen-bond acceptors (Lipinski definition) is 5. The van der Waals surface area contributed by atoms with Gasteiger partial charge < -0.3 is 5.32 Å². The number of fused-ring (bicyclic) bond motifs is 1. The molecule has 0 aliphatic heterocycles. The Kier molecular flexibility index (Phi) is 4.82. The molecule has 3 aromatic rings. The molecule has 0 saturated heterocycles. The Bertz CT molecular complexity index is 1020. The minimum absolute atomic E-state index is 0.0505. The fourth-order valence-electron chi connectivity index (χ4n) is 2.27. The molecule has 0 fully saturated rings. The fraction of sp³-hybridized carbons (Fsp3) is 0.294. The van der Waals surface area contributed by atoms with Crippen molar-refractivity contribution in [3.8, 4) is 0 Å². The summed E-state index contributed by atoms with van der Waals surface area (Å²) in [4.78, 5) is 24.5. The van der Waals surface area contributed by atoms with E-state index in [9.17, 15) is 14.0 Å². The molecule has 0 saturated carbocycles. The molecule has 26 heavy (non-hydrogen) atoms. The zero-order valence-corrected chi connectivity index (χ0v) is 15.4. The number of carbonyl (C=O) groups excluding carboxylic acids is 1. The number of amides is 1. The lowest BCUT2D eigenvalue weighted by Gasteiger charge is -2.16. The first-order valence-corrected chi connectivity index (χ1v) is 8.74. The first-order chi connectivity index (χ1) is 12.2. The van der Waals surface area contributed by atoms with E-state index in [1.807, 2.05) is 20.8 Å². The van der Waals surface area contributed by atoms with Crippen molar-refractivity contribution in [2.75, 3.05) is 5.32 Å². The number of benzene rings is 1. The van der Waals surface area contributed by atoms with Gasteiger partial charge in [0.05, 0.1) is 0 Å². The third-order valence-corrected chi connectivity index (χ3v) is 4.27. The van der Waals surface area contributed by atoms with Crippen LogP contribution in [0.5, 0.6) is 0 Å². The van der Waals surface area contributed by atoms with Crippen LogP contribution in [0, 0.1) is 5.82 Å². The number of aromatic nitrogens is 4. The number of anilines is 1. The monoisotopic (exact) mass is 375 g/mol. The van der Waals surface area contributed by atoms with E-state index in [-0.39, 0.29) is 11.3 Å². The standard InChI is InChI=1S/C17H18FN5O2S/c1-17(2,3)26-15-8-7-13-20-22(16(25)23(13)21-15)10-14(24)19-12-6-4-5-11(18)9-12/h4-9H,10H2,1-3H3,(H,19,24). The highest BCUT2D eigenvalue weighted by atomic mass is 32.2. The van der Waals surface area contributed by atoms with Gasteiger partial charge in [-0.25, -0.2) is 13.9 Å². The van der Waals surface area contributed by atoms with E-state index in [0.717, 1.165) is 4.68 Å². The van der Waals surface area contributed by atoms with Crippen LogP contribution in [0.4, 0.5) is 10.1 Å². The highest BCUT2D eigenvalue weighted by molar-refractivity contribution is 8.00. The van der Waals surface area contributed by atoms with E-state index < -0.39 is 17.4 Å². The van der Waals surface area contributed by atoms with Crippen LogP contribution < -0.4 is 11.0 Å². The molecular weight excluding hydrogens is 357 g/mol. The van der Waals surface area contributed by atoms with Crippen LogP contribution in [0.2, 0.25) is 0 Å². The van der Waals surface area contributed by atoms with Gasteiger partial charge in [-0.15, -0.1) is 5.10 Å². The maximum Gasteiger partial charge on any atom is 0.367 e. The quantitative estimate of drug-likeness (QED) is 0.709. The third-order valence-electron chi connectivity index (χ3n) is 3.23. The summed E-state index contributed by atoms with van der Waals surface area (Å²) in [5.74, 6) is -0.939. The summed E-state index contributed by atoms with van der Waals surface area (Å²) in [6, 6.07) is 8.99. The van der Waals surface area contributed by atoms with Gasteiger partial charge in [-0.2, -0.15) is 9.61 Å². The second kappa shape index (κ2) is 6.91. The Hall–Kier alpha value is -2.68. The average molecular weight is 375 g/mol. The first kappa shape index (κ1) is 18.1. The molecule has 7 nitrogen and oxygen atoms in total. The molecule has 136 valence electrons. The van der Waals surface area contributed by atoms with Gasteiger partial charge >= 0.3 is 5.69 Å². The summed E-state index contributed by atoms with van der Waals surface area (Å²) in [7, 11) is 0. The molecule has 9 heteroatoms. The largest absolute Gasteiger partial charge is 0.367 e. The number of nitrogens with zero attached hydrogens (tertiary/aromatic N) is 4. The zero-order valence-electron chi connectivity index (χ0n) is 14.6. The average Bonchev–Trinajstić information content (AvgIpc) is 2.82. The van der Waals surface area contributed by atoms with Crippen molar-refractivity contribution < 1.29 is 9.18 Å². The SMILES string of the molecule is CC(C)(C)Sc1ccc2nn(CC(=O)Nc3cccc(F)c3)c(=O)n2n1. The summed E-state index contributed by atoms with van der Waals surface area (Å²) in [6.07, 6.45) is 0. The van der Waals surface area contributed by atoms with Gasteiger partial charge in [-0.3, -0.25) is 4.79 Å². The second-order valence-electron chi connectivity index (χ2n) is 6.65. The number of thioether (sulfide) groups is 1. The maximum absolute atomic E-state index is 13.2. The van der Waals surface area contributed by atoms with E-state index in [1.54, 1.807) is 18.2 Å². The molecule has 3 rings (SSSR count). The predicted octanol–water partition coefficient (Wildman–Crippen LogP) is 2.56. The van der Waals surface area contributed by atoms with Crippen molar-refractivity contribution in [3.05, 3.63) is 52.7 Å². The molecule has 2 aromatic heterocycles. The molecule has 0 bridgehead atoms. The van der Waals surface area contributed by atoms with Gasteiger partial charge in [-0.1, -0.05) is 38.6 Å². The van der Waals surface area contributed by atoms with Crippen molar-refractivity contribution in [3.63, 3.8) is 0 Å². The lowest BCUT2D eigenvalue weighted by Crippen LogP contribution is -2.29. The lowest BCUT2D eigenvalue weighted by molar-refractivity contribution is -0.117. The molecule has 0 spiro atoms. The molecule has 2 heterocycles. The Labute approximate surface area is 153 Å². The van der Waals surface area contributed by atoms with Gasteiger partial charge in [0.2, 0.25) is 5.91 Å². The molecular formula is C17H18FN5O2S. The smallest absolute Gasteiger partial charge is 0.324 e. The number of hydrogen-bond donors (Lipinski definition) is 1. The van der Waals surface area contributed by atoms with Crippen LogP contribution >= 0.6 is 11.8 Å². The van der Waals surface area contributed by atoms with E-state index in [2.05, 4.69) is 15.5 Å². The van der Waals surface area contributed by atoms with Gasteiger partial charge in [0.1, 0.15) is 17.4 Å². The Morgan fingerprint density at radius 3 is 2.69 bits per heavy atom. The van der Waals surface area contributed by atoms with Crippen molar-refractivity contribution in [1.82, 2.24) is 19.4 Å². The number of nitrogens with one attached hydrogen (secondary N) is 1. The third kappa shape index (κ3) is 4.29. The lowest BCUT2D eigenvalue weighted by atomic mass is 10.3. The minimum atomic E-state index is -0.509. The Morgan fingerprint density at radius 1 is 1.23 bits per heavy atom. The van der Waals surface area contributed by atoms with Crippen LogP contribution in [0.25, 0.3) is 5.65 Å². The minimum Gasteiger partial charge on any atom is -0.324 e. The van der Waals surface area contributed by atoms with Crippen molar-refractivity contribution in [1.29, 1.82) is 0 Å². The fourth-order valence-corrected chi connectivity index (χ4v) is 3.15. The Balaban J connectivity index is 1.81. The number of carbonyl (C=O) groups is 1. The molecule has 1 amide bonds. The van der Waals surface area contributed by atoms with Crippen molar-refractivity contribution in [2.45, 2.75) is 37.1 Å². The number of rotatable bonds is 4. The predicted molar refractivity (Wildman–Crippen MR) is 97.9 cm³/mol. The highest BCUT2D eigenvalue weighted by Gasteiger charge is 2.16. The second-order valence-corrected chi connectivity index (χ2v) is 8.50. The molecule has 0 unspecified atom stereocenters. The molecule has 1 N–H and O–H groups in total. The van der Waals surface area contributed by atoms with E-state index in [1.165, 1.54) is 34.5 Å². The van der Waals surface area contributed by atoms with E-state index in [4.69, 9.17) is 0 Å². The normalized spacial score (nSPS) is 11.7. The van der Waals surface area contributed by atoms with Gasteiger partial charge in [-0.05, 0) is 30.3 Å². The number of halogens is 1. The molecule has 0 radical (unpaired) electrons. The first-order valence-electron chi connectivity index (χ1n) is 7.93. The van der Waals surface area contributed by atoms with Crippen LogP contribution in [-0.2, 0) is 11.3 Å². The summed E-state index contributed by atoms with van der Waals surface area (Å²) >= 11 is 1.53. The molecule has 1 aromatic carbocycles. The molecule has 0 atom stereocenters. The van der Waals surface area contributed by atoms with Crippen molar-refractivity contribution in [2.24, 2.45) is 0 Å². The highest BCUT2D eigenvalue weighted by Crippen LogP contribution is 2.29. The van der Waals surface area contributed by atoms with E-state index in [0.29, 0.717) is 16.4 Å². The van der Waals surface area contributed by atoms with Crippen LogP contribution in [0.15, 0.2) is 46.2 Å². The van der Waals surface area contributed by atoms with Crippen LogP contribution in [-0.4, -0.2) is 30.0 Å². The topological polar surface area (TPSA) is 81.3 Å². The van der Waals surface area contributed by atoms with Crippen LogP contribution in [0.3, 0.4) is 0 Å². The zero-order chi connectivity index (χ0) is 18.9. The van der Waals surface area contributed by atoms with E-state index >= 15 is 0 Å². The maximum atomic E-state index is 13.2. The van der Waals surface area contributed by atoms with Crippen LogP contribution in [0.1, 0.15) is 20.8 Å². The van der Waals surface area contributed by atoms with Gasteiger partial charge in [0.25, 0.3) is 0 Å². The summed E-state index contributed by atoms with van der Waals surface area (Å²) in [5, 5.41) is 11.6. The summed E-state index contributed by atoms with van der Waals surface area (Å²) < 4.78 is 15.3. The molecule has 0 aliphatic carbocycles. The van der Waals surface area contributed by atoms with Crippen molar-refractivity contribution >= 4 is 29.0 Å².